The molecule has 2 rings (SSSR count). The molecule has 3 N–H and O–H groups in total. The topological polar surface area (TPSA) is 89.9 Å². The van der Waals surface area contributed by atoms with Crippen molar-refractivity contribution < 1.29 is 19.8 Å². The number of likely N-dealkylation sites (tertiary alicyclic amines) is 1. The lowest BCUT2D eigenvalue weighted by molar-refractivity contribution is -0.150. The lowest BCUT2D eigenvalue weighted by Gasteiger charge is -2.34. The highest BCUT2D eigenvalue weighted by atomic mass is 16.4. The van der Waals surface area contributed by atoms with Gasteiger partial charge in [0.15, 0.2) is 0 Å². The van der Waals surface area contributed by atoms with E-state index in [2.05, 4.69) is 5.32 Å². The number of nitrogens with one attached hydrogen (secondary N) is 1. The fourth-order valence-electron chi connectivity index (χ4n) is 3.33. The number of aliphatic carboxylic acids is 1. The number of amides is 2. The van der Waals surface area contributed by atoms with Crippen LogP contribution >= 0.6 is 0 Å². The Labute approximate surface area is 119 Å². The molecule has 114 valence electrons. The third kappa shape index (κ3) is 3.06. The summed E-state index contributed by atoms with van der Waals surface area (Å²) in [5.74, 6) is -0.808. The summed E-state index contributed by atoms with van der Waals surface area (Å²) < 4.78 is 0. The van der Waals surface area contributed by atoms with Gasteiger partial charge >= 0.3 is 12.0 Å². The first-order chi connectivity index (χ1) is 9.59. The summed E-state index contributed by atoms with van der Waals surface area (Å²) >= 11 is 0. The number of hydrogen-bond donors (Lipinski definition) is 3. The predicted molar refractivity (Wildman–Crippen MR) is 73.4 cm³/mol. The molecule has 2 fully saturated rings. The molecule has 0 aromatic heterocycles. The van der Waals surface area contributed by atoms with Crippen molar-refractivity contribution in [1.82, 2.24) is 10.2 Å². The summed E-state index contributed by atoms with van der Waals surface area (Å²) in [7, 11) is 0. The third-order valence-corrected chi connectivity index (χ3v) is 4.69. The van der Waals surface area contributed by atoms with E-state index in [1.165, 1.54) is 0 Å². The first-order valence-electron chi connectivity index (χ1n) is 7.48. The molecule has 1 saturated carbocycles. The van der Waals surface area contributed by atoms with Gasteiger partial charge in [0.1, 0.15) is 0 Å². The average molecular weight is 284 g/mol. The molecule has 6 nitrogen and oxygen atoms in total. The van der Waals surface area contributed by atoms with Crippen molar-refractivity contribution in [2.45, 2.75) is 51.0 Å². The summed E-state index contributed by atoms with van der Waals surface area (Å²) in [6.45, 7) is 0.796. The Kier molecular flexibility index (Phi) is 4.86. The van der Waals surface area contributed by atoms with E-state index in [9.17, 15) is 19.8 Å². The number of hydrogen-bond acceptors (Lipinski definition) is 3. The number of rotatable bonds is 4. The number of carbonyl (C=O) groups excluding carboxylic acids is 1. The smallest absolute Gasteiger partial charge is 0.317 e. The van der Waals surface area contributed by atoms with Crippen LogP contribution in [0.4, 0.5) is 4.79 Å². The van der Waals surface area contributed by atoms with Crippen molar-refractivity contribution in [1.29, 1.82) is 0 Å². The molecule has 1 aliphatic carbocycles. The largest absolute Gasteiger partial charge is 0.481 e. The highest BCUT2D eigenvalue weighted by molar-refractivity contribution is 5.78. The summed E-state index contributed by atoms with van der Waals surface area (Å²) in [5.41, 5.74) is -0.803. The van der Waals surface area contributed by atoms with Crippen LogP contribution in [0.5, 0.6) is 0 Å². The van der Waals surface area contributed by atoms with Crippen molar-refractivity contribution in [2.24, 2.45) is 5.41 Å². The molecule has 0 bridgehead atoms. The van der Waals surface area contributed by atoms with Gasteiger partial charge in [-0.05, 0) is 25.7 Å². The minimum Gasteiger partial charge on any atom is -0.481 e. The monoisotopic (exact) mass is 284 g/mol. The Balaban J connectivity index is 1.92. The highest BCUT2D eigenvalue weighted by Crippen LogP contribution is 2.36. The van der Waals surface area contributed by atoms with Gasteiger partial charge in [0, 0.05) is 13.1 Å². The number of carboxylic acid groups (broad SMARTS) is 1. The molecule has 6 heteroatoms. The summed E-state index contributed by atoms with van der Waals surface area (Å²) in [5, 5.41) is 21.5. The quantitative estimate of drug-likeness (QED) is 0.723. The van der Waals surface area contributed by atoms with Crippen LogP contribution in [0.3, 0.4) is 0 Å². The van der Waals surface area contributed by atoms with Crippen LogP contribution in [-0.4, -0.2) is 52.9 Å². The summed E-state index contributed by atoms with van der Waals surface area (Å²) in [6.07, 6.45) is 5.85. The molecule has 20 heavy (non-hydrogen) atoms. The van der Waals surface area contributed by atoms with Gasteiger partial charge in [-0.1, -0.05) is 19.3 Å². The van der Waals surface area contributed by atoms with E-state index >= 15 is 0 Å². The van der Waals surface area contributed by atoms with Crippen molar-refractivity contribution in [2.75, 3.05) is 19.7 Å². The summed E-state index contributed by atoms with van der Waals surface area (Å²) in [4.78, 5) is 25.3. The number of urea groups is 1. The molecule has 2 amide bonds. The zero-order valence-electron chi connectivity index (χ0n) is 11.8. The third-order valence-electron chi connectivity index (χ3n) is 4.69. The van der Waals surface area contributed by atoms with Gasteiger partial charge < -0.3 is 20.4 Å². The second kappa shape index (κ2) is 6.43. The lowest BCUT2D eigenvalue weighted by atomic mass is 9.74. The van der Waals surface area contributed by atoms with E-state index in [0.717, 1.165) is 32.1 Å². The Morgan fingerprint density at radius 2 is 1.90 bits per heavy atom. The van der Waals surface area contributed by atoms with E-state index in [4.69, 9.17) is 0 Å². The van der Waals surface area contributed by atoms with Crippen LogP contribution in [0.15, 0.2) is 0 Å². The predicted octanol–water partition coefficient (Wildman–Crippen LogP) is 1.19. The van der Waals surface area contributed by atoms with E-state index < -0.39 is 11.4 Å². The molecule has 0 aromatic rings. The zero-order chi connectivity index (χ0) is 14.6. The van der Waals surface area contributed by atoms with Crippen molar-refractivity contribution in [3.8, 4) is 0 Å². The van der Waals surface area contributed by atoms with Crippen LogP contribution in [0.25, 0.3) is 0 Å². The maximum Gasteiger partial charge on any atom is 0.317 e. The minimum absolute atomic E-state index is 0.0303. The Bertz CT molecular complexity index is 366. The number of carbonyl (C=O) groups is 2. The van der Waals surface area contributed by atoms with Gasteiger partial charge in [0.25, 0.3) is 0 Å². The fourth-order valence-corrected chi connectivity index (χ4v) is 3.33. The molecule has 1 unspecified atom stereocenters. The Hall–Kier alpha value is -1.30. The molecule has 0 radical (unpaired) electrons. The molecule has 1 atom stereocenters. The maximum absolute atomic E-state index is 12.1. The molecular weight excluding hydrogens is 260 g/mol. The van der Waals surface area contributed by atoms with Gasteiger partial charge in [-0.15, -0.1) is 0 Å². The maximum atomic E-state index is 12.1. The number of carboxylic acids is 1. The fraction of sp³-hybridized carbons (Fsp3) is 0.857. The number of aliphatic hydroxyl groups excluding tert-OH is 1. The van der Waals surface area contributed by atoms with E-state index in [1.807, 2.05) is 0 Å². The van der Waals surface area contributed by atoms with Crippen molar-refractivity contribution in [3.63, 3.8) is 0 Å². The van der Waals surface area contributed by atoms with Crippen molar-refractivity contribution >= 4 is 12.0 Å². The molecular formula is C14H24N2O4. The second-order valence-electron chi connectivity index (χ2n) is 5.98. The average Bonchev–Trinajstić information content (AvgIpc) is 2.94. The molecule has 1 aliphatic heterocycles. The summed E-state index contributed by atoms with van der Waals surface area (Å²) in [6, 6.07) is -0.366. The first kappa shape index (κ1) is 15.1. The molecule has 2 aliphatic rings. The normalized spacial score (nSPS) is 25.4. The second-order valence-corrected chi connectivity index (χ2v) is 5.98. The van der Waals surface area contributed by atoms with Crippen LogP contribution in [0.2, 0.25) is 0 Å². The SMILES string of the molecule is O=C(NCC1(C(=O)O)CCCCC1)N1CCCC1CO. The minimum atomic E-state index is -0.808. The zero-order valence-corrected chi connectivity index (χ0v) is 11.8. The van der Waals surface area contributed by atoms with Crippen molar-refractivity contribution in [3.05, 3.63) is 0 Å². The highest BCUT2D eigenvalue weighted by Gasteiger charge is 2.40. The van der Waals surface area contributed by atoms with Crippen LogP contribution < -0.4 is 5.32 Å². The van der Waals surface area contributed by atoms with E-state index in [0.29, 0.717) is 19.4 Å². The number of aliphatic hydroxyl groups is 1. The lowest BCUT2D eigenvalue weighted by Crippen LogP contribution is -2.50. The number of nitrogens with zero attached hydrogens (tertiary/aromatic N) is 1. The molecule has 1 saturated heterocycles. The van der Waals surface area contributed by atoms with Gasteiger partial charge in [-0.2, -0.15) is 0 Å². The van der Waals surface area contributed by atoms with Gasteiger partial charge in [-0.25, -0.2) is 4.79 Å². The van der Waals surface area contributed by atoms with Crippen LogP contribution in [-0.2, 0) is 4.79 Å². The molecule has 0 spiro atoms. The van der Waals surface area contributed by atoms with E-state index in [-0.39, 0.29) is 25.2 Å². The van der Waals surface area contributed by atoms with Gasteiger partial charge in [0.2, 0.25) is 0 Å². The first-order valence-corrected chi connectivity index (χ1v) is 7.48. The van der Waals surface area contributed by atoms with Crippen LogP contribution in [0, 0.1) is 5.41 Å². The Morgan fingerprint density at radius 1 is 1.20 bits per heavy atom. The van der Waals surface area contributed by atoms with E-state index in [1.54, 1.807) is 4.90 Å². The van der Waals surface area contributed by atoms with Crippen LogP contribution in [0.1, 0.15) is 44.9 Å². The van der Waals surface area contributed by atoms with Gasteiger partial charge in [-0.3, -0.25) is 4.79 Å². The van der Waals surface area contributed by atoms with Gasteiger partial charge in [0.05, 0.1) is 18.1 Å². The standard InChI is InChI=1S/C14H24N2O4/c17-9-11-5-4-8-16(11)13(20)15-10-14(12(18)19)6-2-1-3-7-14/h11,17H,1-10H2,(H,15,20)(H,18,19). The molecule has 1 heterocycles. The molecule has 0 aromatic carbocycles. The Morgan fingerprint density at radius 3 is 2.50 bits per heavy atom.